The Kier molecular flexibility index (Phi) is 4.10. The van der Waals surface area contributed by atoms with Crippen LogP contribution in [-0.4, -0.2) is 5.97 Å². The van der Waals surface area contributed by atoms with Gasteiger partial charge in [0.1, 0.15) is 12.6 Å². The Morgan fingerprint density at radius 1 is 1.00 bits per heavy atom. The van der Waals surface area contributed by atoms with Gasteiger partial charge in [0.25, 0.3) is 0 Å². The van der Waals surface area contributed by atoms with Crippen LogP contribution >= 0.6 is 0 Å². The van der Waals surface area contributed by atoms with E-state index >= 15 is 0 Å². The molecule has 0 spiro atoms. The summed E-state index contributed by atoms with van der Waals surface area (Å²) in [4.78, 5) is 11.8. The lowest BCUT2D eigenvalue weighted by Crippen LogP contribution is -2.23. The van der Waals surface area contributed by atoms with Crippen LogP contribution in [0.15, 0.2) is 60.7 Å². The predicted octanol–water partition coefficient (Wildman–Crippen LogP) is 2.43. The van der Waals surface area contributed by atoms with Crippen LogP contribution in [0, 0.1) is 0 Å². The minimum Gasteiger partial charge on any atom is -0.459 e. The van der Waals surface area contributed by atoms with Crippen molar-refractivity contribution in [2.24, 2.45) is 5.73 Å². The maximum absolute atomic E-state index is 11.8. The molecule has 0 amide bonds. The van der Waals surface area contributed by atoms with E-state index in [2.05, 4.69) is 0 Å². The minimum absolute atomic E-state index is 0.250. The summed E-state index contributed by atoms with van der Waals surface area (Å²) in [6.45, 7) is 0.250. The Balaban J connectivity index is 1.93. The monoisotopic (exact) mass is 241 g/mol. The van der Waals surface area contributed by atoms with Crippen molar-refractivity contribution in [3.63, 3.8) is 0 Å². The Morgan fingerprint density at radius 2 is 1.56 bits per heavy atom. The standard InChI is InChI=1S/C15H15NO2/c16-14(13-9-5-2-6-10-13)15(17)18-11-12-7-3-1-4-8-12/h1-10,14H,11,16H2/t14-/m1/s1. The van der Waals surface area contributed by atoms with Gasteiger partial charge in [0.05, 0.1) is 0 Å². The van der Waals surface area contributed by atoms with Gasteiger partial charge in [-0.1, -0.05) is 60.7 Å². The van der Waals surface area contributed by atoms with Gasteiger partial charge in [-0.3, -0.25) is 0 Å². The average Bonchev–Trinajstić information content (AvgIpc) is 2.46. The highest BCUT2D eigenvalue weighted by molar-refractivity contribution is 5.77. The summed E-state index contributed by atoms with van der Waals surface area (Å²) < 4.78 is 5.18. The summed E-state index contributed by atoms with van der Waals surface area (Å²) in [5.41, 5.74) is 7.54. The molecule has 18 heavy (non-hydrogen) atoms. The fourth-order valence-corrected chi connectivity index (χ4v) is 1.61. The van der Waals surface area contributed by atoms with Crippen LogP contribution in [0.5, 0.6) is 0 Å². The highest BCUT2D eigenvalue weighted by atomic mass is 16.5. The topological polar surface area (TPSA) is 52.3 Å². The number of carbonyl (C=O) groups excluding carboxylic acids is 1. The molecule has 1 atom stereocenters. The lowest BCUT2D eigenvalue weighted by atomic mass is 10.1. The van der Waals surface area contributed by atoms with E-state index in [-0.39, 0.29) is 6.61 Å². The van der Waals surface area contributed by atoms with Crippen molar-refractivity contribution in [2.45, 2.75) is 12.6 Å². The summed E-state index contributed by atoms with van der Waals surface area (Å²) in [5, 5.41) is 0. The molecule has 0 aliphatic carbocycles. The maximum atomic E-state index is 11.8. The SMILES string of the molecule is N[C@@H](C(=O)OCc1ccccc1)c1ccccc1. The number of nitrogens with two attached hydrogens (primary N) is 1. The summed E-state index contributed by atoms with van der Waals surface area (Å²) in [6.07, 6.45) is 0. The van der Waals surface area contributed by atoms with Crippen LogP contribution in [-0.2, 0) is 16.1 Å². The van der Waals surface area contributed by atoms with E-state index in [9.17, 15) is 4.79 Å². The smallest absolute Gasteiger partial charge is 0.327 e. The van der Waals surface area contributed by atoms with Crippen molar-refractivity contribution >= 4 is 5.97 Å². The first-order valence-electron chi connectivity index (χ1n) is 5.78. The van der Waals surface area contributed by atoms with Crippen LogP contribution < -0.4 is 5.73 Å². The maximum Gasteiger partial charge on any atom is 0.327 e. The fraction of sp³-hybridized carbons (Fsp3) is 0.133. The third kappa shape index (κ3) is 3.18. The molecule has 0 bridgehead atoms. The molecule has 0 heterocycles. The highest BCUT2D eigenvalue weighted by Gasteiger charge is 2.16. The third-order valence-corrected chi connectivity index (χ3v) is 2.64. The van der Waals surface area contributed by atoms with Crippen molar-refractivity contribution in [2.75, 3.05) is 0 Å². The predicted molar refractivity (Wildman–Crippen MR) is 69.6 cm³/mol. The first-order valence-corrected chi connectivity index (χ1v) is 5.78. The molecule has 0 aliphatic rings. The molecule has 2 aromatic carbocycles. The minimum atomic E-state index is -0.727. The van der Waals surface area contributed by atoms with E-state index in [1.54, 1.807) is 0 Å². The molecule has 0 aromatic heterocycles. The molecular formula is C15H15NO2. The Bertz CT molecular complexity index is 496. The lowest BCUT2D eigenvalue weighted by molar-refractivity contribution is -0.146. The number of carbonyl (C=O) groups is 1. The van der Waals surface area contributed by atoms with E-state index in [1.807, 2.05) is 60.7 Å². The normalized spacial score (nSPS) is 11.8. The molecule has 92 valence electrons. The van der Waals surface area contributed by atoms with Crippen molar-refractivity contribution in [1.82, 2.24) is 0 Å². The lowest BCUT2D eigenvalue weighted by Gasteiger charge is -2.11. The van der Waals surface area contributed by atoms with E-state index in [4.69, 9.17) is 10.5 Å². The second-order valence-electron chi connectivity index (χ2n) is 3.98. The number of rotatable bonds is 4. The molecule has 0 unspecified atom stereocenters. The van der Waals surface area contributed by atoms with Gasteiger partial charge < -0.3 is 10.5 Å². The van der Waals surface area contributed by atoms with Crippen LogP contribution in [0.3, 0.4) is 0 Å². The summed E-state index contributed by atoms with van der Waals surface area (Å²) in [5.74, 6) is -0.412. The molecule has 0 saturated heterocycles. The summed E-state index contributed by atoms with van der Waals surface area (Å²) >= 11 is 0. The van der Waals surface area contributed by atoms with Crippen LogP contribution in [0.1, 0.15) is 17.2 Å². The van der Waals surface area contributed by atoms with Crippen molar-refractivity contribution < 1.29 is 9.53 Å². The van der Waals surface area contributed by atoms with Crippen LogP contribution in [0.25, 0.3) is 0 Å². The van der Waals surface area contributed by atoms with Gasteiger partial charge in [-0.2, -0.15) is 0 Å². The fourth-order valence-electron chi connectivity index (χ4n) is 1.61. The molecule has 3 heteroatoms. The Hall–Kier alpha value is -2.13. The van der Waals surface area contributed by atoms with Gasteiger partial charge in [-0.15, -0.1) is 0 Å². The zero-order valence-corrected chi connectivity index (χ0v) is 9.95. The Morgan fingerprint density at radius 3 is 2.17 bits per heavy atom. The van der Waals surface area contributed by atoms with E-state index < -0.39 is 12.0 Å². The van der Waals surface area contributed by atoms with E-state index in [0.717, 1.165) is 11.1 Å². The van der Waals surface area contributed by atoms with Gasteiger partial charge >= 0.3 is 5.97 Å². The molecule has 0 radical (unpaired) electrons. The van der Waals surface area contributed by atoms with Gasteiger partial charge in [0, 0.05) is 0 Å². The average molecular weight is 241 g/mol. The molecule has 2 aromatic rings. The Labute approximate surface area is 106 Å². The molecule has 0 fully saturated rings. The number of ether oxygens (including phenoxy) is 1. The van der Waals surface area contributed by atoms with Crippen molar-refractivity contribution in [1.29, 1.82) is 0 Å². The summed E-state index contributed by atoms with van der Waals surface area (Å²) in [6, 6.07) is 18.0. The first-order chi connectivity index (χ1) is 8.77. The third-order valence-electron chi connectivity index (χ3n) is 2.64. The highest BCUT2D eigenvalue weighted by Crippen LogP contribution is 2.12. The van der Waals surface area contributed by atoms with Crippen molar-refractivity contribution in [3.05, 3.63) is 71.8 Å². The van der Waals surface area contributed by atoms with E-state index in [1.165, 1.54) is 0 Å². The molecule has 3 nitrogen and oxygen atoms in total. The zero-order valence-electron chi connectivity index (χ0n) is 9.95. The number of hydrogen-bond donors (Lipinski definition) is 1. The zero-order chi connectivity index (χ0) is 12.8. The molecular weight excluding hydrogens is 226 g/mol. The second-order valence-corrected chi connectivity index (χ2v) is 3.98. The summed E-state index contributed by atoms with van der Waals surface area (Å²) in [7, 11) is 0. The molecule has 2 N–H and O–H groups in total. The van der Waals surface area contributed by atoms with Crippen LogP contribution in [0.4, 0.5) is 0 Å². The van der Waals surface area contributed by atoms with Gasteiger partial charge in [-0.05, 0) is 11.1 Å². The van der Waals surface area contributed by atoms with Gasteiger partial charge in [0.15, 0.2) is 0 Å². The molecule has 2 rings (SSSR count). The number of hydrogen-bond acceptors (Lipinski definition) is 3. The van der Waals surface area contributed by atoms with Crippen LogP contribution in [0.2, 0.25) is 0 Å². The molecule has 0 saturated carbocycles. The van der Waals surface area contributed by atoms with Crippen molar-refractivity contribution in [3.8, 4) is 0 Å². The number of benzene rings is 2. The van der Waals surface area contributed by atoms with E-state index in [0.29, 0.717) is 0 Å². The largest absolute Gasteiger partial charge is 0.459 e. The quantitative estimate of drug-likeness (QED) is 0.836. The second kappa shape index (κ2) is 5.98. The van der Waals surface area contributed by atoms with Gasteiger partial charge in [-0.25, -0.2) is 4.79 Å². The first kappa shape index (κ1) is 12.3. The molecule has 0 aliphatic heterocycles. The number of esters is 1. The van der Waals surface area contributed by atoms with Gasteiger partial charge in [0.2, 0.25) is 0 Å².